The Morgan fingerprint density at radius 2 is 2.36 bits per heavy atom. The van der Waals surface area contributed by atoms with E-state index in [-0.39, 0.29) is 0 Å². The minimum Gasteiger partial charge on any atom is -0.469 e. The fraction of sp³-hybridized carbons (Fsp3) is 0.333. The molecule has 5 heteroatoms. The lowest BCUT2D eigenvalue weighted by molar-refractivity contribution is 0.503. The summed E-state index contributed by atoms with van der Waals surface area (Å²) in [5.41, 5.74) is 5.46. The molecule has 0 saturated carbocycles. The summed E-state index contributed by atoms with van der Waals surface area (Å²) in [6, 6.07) is 3.82. The Bertz CT molecular complexity index is 404. The molecule has 0 amide bonds. The molecule has 2 rings (SSSR count). The van der Waals surface area contributed by atoms with Gasteiger partial charge in [0, 0.05) is 19.9 Å². The maximum atomic E-state index is 5.46. The molecule has 0 fully saturated rings. The quantitative estimate of drug-likeness (QED) is 0.780. The Kier molecular flexibility index (Phi) is 2.22. The van der Waals surface area contributed by atoms with Gasteiger partial charge in [0.15, 0.2) is 0 Å². The fourth-order valence-corrected chi connectivity index (χ4v) is 1.35. The van der Waals surface area contributed by atoms with Crippen LogP contribution >= 0.6 is 0 Å². The molecule has 0 aliphatic heterocycles. The van der Waals surface area contributed by atoms with Crippen molar-refractivity contribution in [1.82, 2.24) is 14.8 Å². The maximum Gasteiger partial charge on any atom is 0.239 e. The van der Waals surface area contributed by atoms with Gasteiger partial charge in [0.1, 0.15) is 11.6 Å². The number of furan rings is 1. The molecular weight excluding hydrogens is 180 g/mol. The summed E-state index contributed by atoms with van der Waals surface area (Å²) in [6.45, 7) is 0. The van der Waals surface area contributed by atoms with E-state index in [1.165, 1.54) is 0 Å². The lowest BCUT2D eigenvalue weighted by Crippen LogP contribution is -2.01. The van der Waals surface area contributed by atoms with Crippen LogP contribution in [0.4, 0.5) is 5.95 Å². The van der Waals surface area contributed by atoms with Gasteiger partial charge in [0.2, 0.25) is 5.95 Å². The lowest BCUT2D eigenvalue weighted by atomic mass is 10.2. The van der Waals surface area contributed by atoms with Crippen LogP contribution < -0.4 is 5.73 Å². The van der Waals surface area contributed by atoms with Gasteiger partial charge in [-0.3, -0.25) is 4.68 Å². The third kappa shape index (κ3) is 1.76. The van der Waals surface area contributed by atoms with Crippen LogP contribution in [0.25, 0.3) is 0 Å². The standard InChI is InChI=1S/C9H12N4O/c1-13-8(11-9(10)12-13)5-4-7-3-2-6-14-7/h2-3,6H,4-5H2,1H3,(H2,10,12). The highest BCUT2D eigenvalue weighted by molar-refractivity contribution is 5.14. The first-order valence-electron chi connectivity index (χ1n) is 4.43. The predicted octanol–water partition coefficient (Wildman–Crippen LogP) is 0.775. The van der Waals surface area contributed by atoms with Crippen molar-refractivity contribution in [2.75, 3.05) is 5.73 Å². The van der Waals surface area contributed by atoms with Crippen molar-refractivity contribution in [2.24, 2.45) is 7.05 Å². The number of aromatic nitrogens is 3. The number of rotatable bonds is 3. The normalized spacial score (nSPS) is 10.6. The average molecular weight is 192 g/mol. The third-order valence-corrected chi connectivity index (χ3v) is 2.04. The first-order chi connectivity index (χ1) is 6.75. The highest BCUT2D eigenvalue weighted by Gasteiger charge is 2.05. The molecule has 14 heavy (non-hydrogen) atoms. The first kappa shape index (κ1) is 8.80. The van der Waals surface area contributed by atoms with E-state index in [2.05, 4.69) is 10.1 Å². The van der Waals surface area contributed by atoms with Crippen LogP contribution in [0.1, 0.15) is 11.6 Å². The Morgan fingerprint density at radius 1 is 1.50 bits per heavy atom. The smallest absolute Gasteiger partial charge is 0.239 e. The van der Waals surface area contributed by atoms with Crippen molar-refractivity contribution in [3.63, 3.8) is 0 Å². The summed E-state index contributed by atoms with van der Waals surface area (Å²) in [6.07, 6.45) is 3.27. The Balaban J connectivity index is 2.01. The molecule has 2 aromatic heterocycles. The van der Waals surface area contributed by atoms with Crippen LogP contribution in [0, 0.1) is 0 Å². The summed E-state index contributed by atoms with van der Waals surface area (Å²) >= 11 is 0. The first-order valence-corrected chi connectivity index (χ1v) is 4.43. The molecule has 0 atom stereocenters. The summed E-state index contributed by atoms with van der Waals surface area (Å²) in [4.78, 5) is 4.10. The second-order valence-corrected chi connectivity index (χ2v) is 3.09. The Labute approximate surface area is 81.5 Å². The van der Waals surface area contributed by atoms with E-state index in [9.17, 15) is 0 Å². The molecule has 2 aromatic rings. The highest BCUT2D eigenvalue weighted by atomic mass is 16.3. The van der Waals surface area contributed by atoms with Gasteiger partial charge in [-0.2, -0.15) is 4.98 Å². The van der Waals surface area contributed by atoms with Crippen LogP contribution in [0.15, 0.2) is 22.8 Å². The number of nitrogens with two attached hydrogens (primary N) is 1. The van der Waals surface area contributed by atoms with Crippen LogP contribution in [0.2, 0.25) is 0 Å². The van der Waals surface area contributed by atoms with Crippen LogP contribution in [-0.4, -0.2) is 14.8 Å². The van der Waals surface area contributed by atoms with Crippen molar-refractivity contribution in [1.29, 1.82) is 0 Å². The lowest BCUT2D eigenvalue weighted by Gasteiger charge is -1.96. The average Bonchev–Trinajstić information content (AvgIpc) is 2.72. The summed E-state index contributed by atoms with van der Waals surface area (Å²) in [5, 5.41) is 3.96. The van der Waals surface area contributed by atoms with E-state index in [1.54, 1.807) is 10.9 Å². The van der Waals surface area contributed by atoms with Crippen LogP contribution in [-0.2, 0) is 19.9 Å². The minimum atomic E-state index is 0.321. The van der Waals surface area contributed by atoms with Crippen molar-refractivity contribution >= 4 is 5.95 Å². The zero-order chi connectivity index (χ0) is 9.97. The van der Waals surface area contributed by atoms with Gasteiger partial charge in [-0.05, 0) is 12.1 Å². The second kappa shape index (κ2) is 3.53. The van der Waals surface area contributed by atoms with Crippen molar-refractivity contribution in [3.05, 3.63) is 30.0 Å². The number of nitrogen functional groups attached to an aromatic ring is 1. The third-order valence-electron chi connectivity index (χ3n) is 2.04. The van der Waals surface area contributed by atoms with Gasteiger partial charge in [0.25, 0.3) is 0 Å². The number of nitrogens with zero attached hydrogens (tertiary/aromatic N) is 3. The number of hydrogen-bond acceptors (Lipinski definition) is 4. The summed E-state index contributed by atoms with van der Waals surface area (Å²) in [7, 11) is 1.83. The van der Waals surface area contributed by atoms with Crippen molar-refractivity contribution < 1.29 is 4.42 Å². The monoisotopic (exact) mass is 192 g/mol. The second-order valence-electron chi connectivity index (χ2n) is 3.09. The fourth-order valence-electron chi connectivity index (χ4n) is 1.35. The Hall–Kier alpha value is -1.78. The molecule has 0 saturated heterocycles. The number of hydrogen-bond donors (Lipinski definition) is 1. The molecule has 2 N–H and O–H groups in total. The SMILES string of the molecule is Cn1nc(N)nc1CCc1ccco1. The zero-order valence-corrected chi connectivity index (χ0v) is 7.97. The van der Waals surface area contributed by atoms with Gasteiger partial charge in [0.05, 0.1) is 6.26 Å². The topological polar surface area (TPSA) is 69.9 Å². The van der Waals surface area contributed by atoms with Gasteiger partial charge >= 0.3 is 0 Å². The van der Waals surface area contributed by atoms with E-state index >= 15 is 0 Å². The summed E-state index contributed by atoms with van der Waals surface area (Å²) < 4.78 is 6.91. The molecule has 2 heterocycles. The van der Waals surface area contributed by atoms with Crippen molar-refractivity contribution in [3.8, 4) is 0 Å². The zero-order valence-electron chi connectivity index (χ0n) is 7.97. The molecule has 0 aliphatic rings. The molecule has 0 bridgehead atoms. The van der Waals surface area contributed by atoms with E-state index in [1.807, 2.05) is 19.2 Å². The molecule has 74 valence electrons. The molecule has 0 aromatic carbocycles. The predicted molar refractivity (Wildman–Crippen MR) is 51.5 cm³/mol. The van der Waals surface area contributed by atoms with E-state index in [0.717, 1.165) is 24.4 Å². The molecule has 5 nitrogen and oxygen atoms in total. The summed E-state index contributed by atoms with van der Waals surface area (Å²) in [5.74, 6) is 2.15. The van der Waals surface area contributed by atoms with Crippen LogP contribution in [0.3, 0.4) is 0 Å². The Morgan fingerprint density at radius 3 is 2.93 bits per heavy atom. The van der Waals surface area contributed by atoms with E-state index in [0.29, 0.717) is 5.95 Å². The number of anilines is 1. The molecule has 0 unspecified atom stereocenters. The minimum absolute atomic E-state index is 0.321. The van der Waals surface area contributed by atoms with Gasteiger partial charge in [-0.25, -0.2) is 0 Å². The molecule has 0 aliphatic carbocycles. The molecule has 0 spiro atoms. The molecule has 0 radical (unpaired) electrons. The van der Waals surface area contributed by atoms with Gasteiger partial charge in [-0.1, -0.05) is 0 Å². The van der Waals surface area contributed by atoms with Crippen molar-refractivity contribution in [2.45, 2.75) is 12.8 Å². The largest absolute Gasteiger partial charge is 0.469 e. The van der Waals surface area contributed by atoms with Crippen LogP contribution in [0.5, 0.6) is 0 Å². The van der Waals surface area contributed by atoms with E-state index in [4.69, 9.17) is 10.2 Å². The van der Waals surface area contributed by atoms with Gasteiger partial charge < -0.3 is 10.2 Å². The maximum absolute atomic E-state index is 5.46. The molecular formula is C9H12N4O. The van der Waals surface area contributed by atoms with E-state index < -0.39 is 0 Å². The van der Waals surface area contributed by atoms with Gasteiger partial charge in [-0.15, -0.1) is 5.10 Å². The number of aryl methyl sites for hydroxylation is 3. The highest BCUT2D eigenvalue weighted by Crippen LogP contribution is 2.06.